The van der Waals surface area contributed by atoms with Gasteiger partial charge in [-0.2, -0.15) is 0 Å². The molecule has 2 heteroatoms. The van der Waals surface area contributed by atoms with Gasteiger partial charge in [0.2, 0.25) is 0 Å². The second kappa shape index (κ2) is 4.62. The molecule has 0 aliphatic carbocycles. The zero-order valence-electron chi connectivity index (χ0n) is 12.7. The number of nitrogens with zero attached hydrogens (tertiary/aromatic N) is 2. The predicted molar refractivity (Wildman–Crippen MR) is 86.0 cm³/mol. The van der Waals surface area contributed by atoms with Crippen molar-refractivity contribution in [1.29, 1.82) is 0 Å². The largest absolute Gasteiger partial charge is 0.322 e. The number of benzene rings is 1. The number of aromatic nitrogens is 2. The van der Waals surface area contributed by atoms with Crippen LogP contribution in [0.1, 0.15) is 40.2 Å². The summed E-state index contributed by atoms with van der Waals surface area (Å²) >= 11 is 0. The first-order valence-electron chi connectivity index (χ1n) is 7.31. The van der Waals surface area contributed by atoms with Crippen LogP contribution in [0.5, 0.6) is 0 Å². The van der Waals surface area contributed by atoms with Crippen molar-refractivity contribution < 1.29 is 0 Å². The van der Waals surface area contributed by atoms with E-state index in [0.717, 1.165) is 12.1 Å². The van der Waals surface area contributed by atoms with Gasteiger partial charge in [0.15, 0.2) is 0 Å². The molecular weight excluding hydrogens is 244 g/mol. The highest BCUT2D eigenvalue weighted by Crippen LogP contribution is 2.34. The fourth-order valence-electron chi connectivity index (χ4n) is 3.25. The van der Waals surface area contributed by atoms with Gasteiger partial charge < -0.3 is 4.57 Å². The number of hydrogen-bond acceptors (Lipinski definition) is 1. The van der Waals surface area contributed by atoms with Gasteiger partial charge in [-0.05, 0) is 37.0 Å². The molecule has 2 heterocycles. The van der Waals surface area contributed by atoms with E-state index in [9.17, 15) is 0 Å². The lowest BCUT2D eigenvalue weighted by atomic mass is 9.88. The molecule has 1 unspecified atom stereocenters. The first kappa shape index (κ1) is 13.2. The SMILES string of the molecule is CC(CC(C)(C)C)n1c2ccccc2c2cccnc21. The second-order valence-electron chi connectivity index (χ2n) is 6.88. The molecule has 0 spiro atoms. The molecule has 2 nitrogen and oxygen atoms in total. The van der Waals surface area contributed by atoms with Crippen molar-refractivity contribution in [3.63, 3.8) is 0 Å². The van der Waals surface area contributed by atoms with E-state index in [-0.39, 0.29) is 0 Å². The average molecular weight is 266 g/mol. The normalized spacial score (nSPS) is 14.0. The lowest BCUT2D eigenvalue weighted by Gasteiger charge is -2.25. The van der Waals surface area contributed by atoms with Crippen molar-refractivity contribution in [2.24, 2.45) is 5.41 Å². The predicted octanol–water partition coefficient (Wildman–Crippen LogP) is 5.19. The van der Waals surface area contributed by atoms with Crippen molar-refractivity contribution in [1.82, 2.24) is 9.55 Å². The van der Waals surface area contributed by atoms with Crippen molar-refractivity contribution in [2.75, 3.05) is 0 Å². The summed E-state index contributed by atoms with van der Waals surface area (Å²) in [5.74, 6) is 0. The van der Waals surface area contributed by atoms with Gasteiger partial charge in [-0.15, -0.1) is 0 Å². The molecule has 0 saturated heterocycles. The maximum absolute atomic E-state index is 4.63. The molecule has 0 radical (unpaired) electrons. The quantitative estimate of drug-likeness (QED) is 0.624. The first-order chi connectivity index (χ1) is 9.47. The summed E-state index contributed by atoms with van der Waals surface area (Å²) in [5.41, 5.74) is 2.70. The third-order valence-electron chi connectivity index (χ3n) is 3.82. The zero-order chi connectivity index (χ0) is 14.3. The Morgan fingerprint density at radius 1 is 1.05 bits per heavy atom. The van der Waals surface area contributed by atoms with Crippen LogP contribution in [0, 0.1) is 5.41 Å². The molecule has 3 rings (SSSR count). The molecule has 0 saturated carbocycles. The van der Waals surface area contributed by atoms with Crippen LogP contribution in [0.2, 0.25) is 0 Å². The Balaban J connectivity index is 2.26. The fourth-order valence-corrected chi connectivity index (χ4v) is 3.25. The highest BCUT2D eigenvalue weighted by Gasteiger charge is 2.20. The number of fused-ring (bicyclic) bond motifs is 3. The maximum Gasteiger partial charge on any atom is 0.141 e. The Hall–Kier alpha value is -1.83. The molecular formula is C18H22N2. The van der Waals surface area contributed by atoms with Crippen LogP contribution >= 0.6 is 0 Å². The van der Waals surface area contributed by atoms with Crippen molar-refractivity contribution in [3.8, 4) is 0 Å². The van der Waals surface area contributed by atoms with Crippen LogP contribution in [0.15, 0.2) is 42.6 Å². The smallest absolute Gasteiger partial charge is 0.141 e. The van der Waals surface area contributed by atoms with E-state index >= 15 is 0 Å². The van der Waals surface area contributed by atoms with E-state index in [1.54, 1.807) is 0 Å². The van der Waals surface area contributed by atoms with E-state index < -0.39 is 0 Å². The molecule has 0 amide bonds. The average Bonchev–Trinajstić information content (AvgIpc) is 2.71. The maximum atomic E-state index is 4.63. The highest BCUT2D eigenvalue weighted by molar-refractivity contribution is 6.06. The molecule has 0 aliphatic heterocycles. The van der Waals surface area contributed by atoms with Crippen LogP contribution in [0.3, 0.4) is 0 Å². The summed E-state index contributed by atoms with van der Waals surface area (Å²) in [7, 11) is 0. The molecule has 1 aromatic carbocycles. The Kier molecular flexibility index (Phi) is 3.04. The van der Waals surface area contributed by atoms with E-state index in [2.05, 4.69) is 67.6 Å². The lowest BCUT2D eigenvalue weighted by Crippen LogP contribution is -2.15. The minimum absolute atomic E-state index is 0.311. The van der Waals surface area contributed by atoms with Crippen LogP contribution in [-0.4, -0.2) is 9.55 Å². The molecule has 0 aliphatic rings. The van der Waals surface area contributed by atoms with Crippen LogP contribution in [0.25, 0.3) is 21.9 Å². The van der Waals surface area contributed by atoms with Gasteiger partial charge in [0, 0.05) is 23.0 Å². The fraction of sp³-hybridized carbons (Fsp3) is 0.389. The van der Waals surface area contributed by atoms with Gasteiger partial charge in [0.1, 0.15) is 5.65 Å². The minimum atomic E-state index is 0.311. The topological polar surface area (TPSA) is 17.8 Å². The van der Waals surface area contributed by atoms with Crippen LogP contribution < -0.4 is 0 Å². The van der Waals surface area contributed by atoms with Crippen molar-refractivity contribution in [2.45, 2.75) is 40.2 Å². The molecule has 104 valence electrons. The molecule has 2 aromatic heterocycles. The van der Waals surface area contributed by atoms with Gasteiger partial charge in [0.05, 0.1) is 5.52 Å². The van der Waals surface area contributed by atoms with Gasteiger partial charge in [-0.3, -0.25) is 0 Å². The second-order valence-corrected chi connectivity index (χ2v) is 6.88. The van der Waals surface area contributed by atoms with Gasteiger partial charge in [-0.25, -0.2) is 4.98 Å². The third-order valence-corrected chi connectivity index (χ3v) is 3.82. The van der Waals surface area contributed by atoms with Gasteiger partial charge in [-0.1, -0.05) is 39.0 Å². The Labute approximate surface area is 120 Å². The highest BCUT2D eigenvalue weighted by atomic mass is 15.1. The molecule has 3 aromatic rings. The standard InChI is InChI=1S/C18H22N2/c1-13(12-18(2,3)4)20-16-10-6-5-8-14(16)15-9-7-11-19-17(15)20/h5-11,13H,12H2,1-4H3. The molecule has 1 atom stereocenters. The number of hydrogen-bond donors (Lipinski definition) is 0. The van der Waals surface area contributed by atoms with Gasteiger partial charge >= 0.3 is 0 Å². The molecule has 0 fully saturated rings. The minimum Gasteiger partial charge on any atom is -0.322 e. The first-order valence-corrected chi connectivity index (χ1v) is 7.31. The number of pyridine rings is 1. The van der Waals surface area contributed by atoms with Crippen molar-refractivity contribution in [3.05, 3.63) is 42.6 Å². The van der Waals surface area contributed by atoms with Gasteiger partial charge in [0.25, 0.3) is 0 Å². The third kappa shape index (κ3) is 2.20. The zero-order valence-corrected chi connectivity index (χ0v) is 12.7. The van der Waals surface area contributed by atoms with E-state index in [1.807, 2.05) is 12.3 Å². The summed E-state index contributed by atoms with van der Waals surface area (Å²) in [4.78, 5) is 4.63. The van der Waals surface area contributed by atoms with E-state index in [0.29, 0.717) is 11.5 Å². The lowest BCUT2D eigenvalue weighted by molar-refractivity contribution is 0.312. The van der Waals surface area contributed by atoms with E-state index in [1.165, 1.54) is 16.3 Å². The van der Waals surface area contributed by atoms with Crippen molar-refractivity contribution >= 4 is 21.9 Å². The number of para-hydroxylation sites is 1. The summed E-state index contributed by atoms with van der Waals surface area (Å²) in [6.45, 7) is 9.19. The summed E-state index contributed by atoms with van der Waals surface area (Å²) < 4.78 is 2.40. The summed E-state index contributed by atoms with van der Waals surface area (Å²) in [5, 5.41) is 2.56. The Bertz CT molecular complexity index is 694. The Morgan fingerprint density at radius 3 is 2.50 bits per heavy atom. The van der Waals surface area contributed by atoms with E-state index in [4.69, 9.17) is 0 Å². The van der Waals surface area contributed by atoms with Crippen LogP contribution in [-0.2, 0) is 0 Å². The molecule has 0 N–H and O–H groups in total. The monoisotopic (exact) mass is 266 g/mol. The summed E-state index contributed by atoms with van der Waals surface area (Å²) in [6, 6.07) is 13.2. The molecule has 20 heavy (non-hydrogen) atoms. The number of rotatable bonds is 2. The van der Waals surface area contributed by atoms with Crippen LogP contribution in [0.4, 0.5) is 0 Å². The summed E-state index contributed by atoms with van der Waals surface area (Å²) in [6.07, 6.45) is 3.03. The Morgan fingerprint density at radius 2 is 1.75 bits per heavy atom. The molecule has 0 bridgehead atoms.